The van der Waals surface area contributed by atoms with Crippen LogP contribution in [0.1, 0.15) is 13.3 Å². The minimum atomic E-state index is -3.19. The Hall–Kier alpha value is -1.80. The Kier molecular flexibility index (Phi) is 6.44. The Balaban J connectivity index is 1.80. The zero-order chi connectivity index (χ0) is 17.6. The zero-order valence-electron chi connectivity index (χ0n) is 14.1. The van der Waals surface area contributed by atoms with Crippen LogP contribution >= 0.6 is 0 Å². The summed E-state index contributed by atoms with van der Waals surface area (Å²) in [5.74, 6) is 1.33. The third-order valence-electron chi connectivity index (χ3n) is 3.87. The largest absolute Gasteiger partial charge is 0.497 e. The summed E-state index contributed by atoms with van der Waals surface area (Å²) < 4.78 is 36.0. The molecule has 1 fully saturated rings. The quantitative estimate of drug-likeness (QED) is 0.727. The van der Waals surface area contributed by atoms with Gasteiger partial charge in [0.05, 0.1) is 12.9 Å². The number of hydrogen-bond donors (Lipinski definition) is 0. The van der Waals surface area contributed by atoms with Gasteiger partial charge < -0.3 is 14.4 Å². The van der Waals surface area contributed by atoms with Crippen LogP contribution in [-0.4, -0.2) is 69.2 Å². The minimum Gasteiger partial charge on any atom is -0.497 e. The SMILES string of the molecule is CCCS(=O)(=O)N1CCN(C(=O)COc2ccc(OC)cc2)CC1. The number of amides is 1. The monoisotopic (exact) mass is 356 g/mol. The Morgan fingerprint density at radius 2 is 1.67 bits per heavy atom. The number of methoxy groups -OCH3 is 1. The Morgan fingerprint density at radius 3 is 2.21 bits per heavy atom. The van der Waals surface area contributed by atoms with Gasteiger partial charge in [0, 0.05) is 26.2 Å². The molecule has 1 aliphatic rings. The van der Waals surface area contributed by atoms with Crippen LogP contribution in [0.4, 0.5) is 0 Å². The first-order valence-electron chi connectivity index (χ1n) is 7.98. The Bertz CT molecular complexity index is 637. The topological polar surface area (TPSA) is 76.2 Å². The molecule has 134 valence electrons. The molecule has 24 heavy (non-hydrogen) atoms. The molecule has 8 heteroatoms. The van der Waals surface area contributed by atoms with E-state index in [4.69, 9.17) is 9.47 Å². The summed E-state index contributed by atoms with van der Waals surface area (Å²) in [4.78, 5) is 13.8. The van der Waals surface area contributed by atoms with E-state index in [0.29, 0.717) is 38.3 Å². The fourth-order valence-electron chi connectivity index (χ4n) is 2.51. The van der Waals surface area contributed by atoms with Crippen LogP contribution in [0.3, 0.4) is 0 Å². The van der Waals surface area contributed by atoms with Gasteiger partial charge >= 0.3 is 0 Å². The first-order chi connectivity index (χ1) is 11.5. The molecule has 1 aromatic rings. The van der Waals surface area contributed by atoms with Crippen molar-refractivity contribution in [2.75, 3.05) is 45.6 Å². The van der Waals surface area contributed by atoms with Crippen LogP contribution in [0.5, 0.6) is 11.5 Å². The normalized spacial score (nSPS) is 16.0. The lowest BCUT2D eigenvalue weighted by atomic mass is 10.3. The van der Waals surface area contributed by atoms with Crippen molar-refractivity contribution >= 4 is 15.9 Å². The lowest BCUT2D eigenvalue weighted by molar-refractivity contribution is -0.134. The number of hydrogen-bond acceptors (Lipinski definition) is 5. The van der Waals surface area contributed by atoms with Crippen molar-refractivity contribution in [1.82, 2.24) is 9.21 Å². The Labute approximate surface area is 143 Å². The minimum absolute atomic E-state index is 0.0615. The summed E-state index contributed by atoms with van der Waals surface area (Å²) >= 11 is 0. The van der Waals surface area contributed by atoms with Crippen molar-refractivity contribution in [2.24, 2.45) is 0 Å². The van der Waals surface area contributed by atoms with Gasteiger partial charge in [0.25, 0.3) is 5.91 Å². The molecule has 0 atom stereocenters. The molecule has 0 N–H and O–H groups in total. The summed E-state index contributed by atoms with van der Waals surface area (Å²) in [6, 6.07) is 7.00. The molecule has 0 radical (unpaired) electrons. The van der Waals surface area contributed by atoms with Gasteiger partial charge in [-0.05, 0) is 30.7 Å². The van der Waals surface area contributed by atoms with E-state index in [0.717, 1.165) is 5.75 Å². The van der Waals surface area contributed by atoms with Gasteiger partial charge in [0.15, 0.2) is 6.61 Å². The molecule has 7 nitrogen and oxygen atoms in total. The van der Waals surface area contributed by atoms with Crippen LogP contribution in [0.2, 0.25) is 0 Å². The van der Waals surface area contributed by atoms with Crippen LogP contribution < -0.4 is 9.47 Å². The van der Waals surface area contributed by atoms with Gasteiger partial charge in [-0.1, -0.05) is 6.92 Å². The van der Waals surface area contributed by atoms with Crippen LogP contribution in [0.25, 0.3) is 0 Å². The van der Waals surface area contributed by atoms with E-state index in [1.54, 1.807) is 36.3 Å². The number of piperazine rings is 1. The molecular weight excluding hydrogens is 332 g/mol. The highest BCUT2D eigenvalue weighted by Gasteiger charge is 2.28. The number of rotatable bonds is 7. The van der Waals surface area contributed by atoms with E-state index in [1.165, 1.54) is 4.31 Å². The second kappa shape index (κ2) is 8.34. The molecule has 1 aliphatic heterocycles. The summed E-state index contributed by atoms with van der Waals surface area (Å²) in [6.45, 7) is 3.26. The molecule has 0 spiro atoms. The molecule has 1 saturated heterocycles. The number of sulfonamides is 1. The third-order valence-corrected chi connectivity index (χ3v) is 5.94. The first-order valence-corrected chi connectivity index (χ1v) is 9.59. The first kappa shape index (κ1) is 18.5. The second-order valence-electron chi connectivity index (χ2n) is 5.56. The molecule has 0 aromatic heterocycles. The highest BCUT2D eigenvalue weighted by Crippen LogP contribution is 2.17. The van der Waals surface area contributed by atoms with E-state index in [9.17, 15) is 13.2 Å². The average Bonchev–Trinajstić information content (AvgIpc) is 2.60. The molecule has 2 rings (SSSR count). The predicted octanol–water partition coefficient (Wildman–Crippen LogP) is 0.958. The van der Waals surface area contributed by atoms with Crippen molar-refractivity contribution in [3.8, 4) is 11.5 Å². The second-order valence-corrected chi connectivity index (χ2v) is 7.65. The smallest absolute Gasteiger partial charge is 0.260 e. The van der Waals surface area contributed by atoms with Crippen molar-refractivity contribution in [2.45, 2.75) is 13.3 Å². The Morgan fingerprint density at radius 1 is 1.08 bits per heavy atom. The molecule has 0 unspecified atom stereocenters. The van der Waals surface area contributed by atoms with Gasteiger partial charge in [0.1, 0.15) is 11.5 Å². The molecule has 0 saturated carbocycles. The lowest BCUT2D eigenvalue weighted by Gasteiger charge is -2.33. The highest BCUT2D eigenvalue weighted by molar-refractivity contribution is 7.89. The fraction of sp³-hybridized carbons (Fsp3) is 0.562. The maximum Gasteiger partial charge on any atom is 0.260 e. The highest BCUT2D eigenvalue weighted by atomic mass is 32.2. The standard InChI is InChI=1S/C16H24N2O5S/c1-3-12-24(20,21)18-10-8-17(9-11-18)16(19)13-23-15-6-4-14(22-2)5-7-15/h4-7H,3,8-13H2,1-2H3. The van der Waals surface area contributed by atoms with Crippen molar-refractivity contribution in [1.29, 1.82) is 0 Å². The van der Waals surface area contributed by atoms with E-state index in [-0.39, 0.29) is 18.3 Å². The van der Waals surface area contributed by atoms with Crippen LogP contribution in [-0.2, 0) is 14.8 Å². The lowest BCUT2D eigenvalue weighted by Crippen LogP contribution is -2.52. The third kappa shape index (κ3) is 4.85. The van der Waals surface area contributed by atoms with Crippen LogP contribution in [0, 0.1) is 0 Å². The number of benzene rings is 1. The van der Waals surface area contributed by atoms with Gasteiger partial charge in [-0.25, -0.2) is 8.42 Å². The van der Waals surface area contributed by atoms with E-state index in [1.807, 2.05) is 6.92 Å². The van der Waals surface area contributed by atoms with Crippen LogP contribution in [0.15, 0.2) is 24.3 Å². The zero-order valence-corrected chi connectivity index (χ0v) is 14.9. The van der Waals surface area contributed by atoms with Gasteiger partial charge in [0.2, 0.25) is 10.0 Å². The maximum absolute atomic E-state index is 12.2. The summed E-state index contributed by atoms with van der Waals surface area (Å²) in [5.41, 5.74) is 0. The molecule has 0 aliphatic carbocycles. The van der Waals surface area contributed by atoms with Gasteiger partial charge in [-0.2, -0.15) is 4.31 Å². The molecule has 1 heterocycles. The van der Waals surface area contributed by atoms with E-state index >= 15 is 0 Å². The summed E-state index contributed by atoms with van der Waals surface area (Å²) in [6.07, 6.45) is 0.594. The van der Waals surface area contributed by atoms with E-state index < -0.39 is 10.0 Å². The number of carbonyl (C=O) groups excluding carboxylic acids is 1. The maximum atomic E-state index is 12.2. The average molecular weight is 356 g/mol. The molecule has 0 bridgehead atoms. The number of carbonyl (C=O) groups is 1. The number of ether oxygens (including phenoxy) is 2. The van der Waals surface area contributed by atoms with Crippen molar-refractivity contribution < 1.29 is 22.7 Å². The molecule has 1 aromatic carbocycles. The number of nitrogens with zero attached hydrogens (tertiary/aromatic N) is 2. The molecular formula is C16H24N2O5S. The van der Waals surface area contributed by atoms with Gasteiger partial charge in [-0.15, -0.1) is 0 Å². The predicted molar refractivity (Wildman–Crippen MR) is 90.7 cm³/mol. The summed E-state index contributed by atoms with van der Waals surface area (Å²) in [7, 11) is -1.61. The molecule has 1 amide bonds. The van der Waals surface area contributed by atoms with Gasteiger partial charge in [-0.3, -0.25) is 4.79 Å². The van der Waals surface area contributed by atoms with Crippen molar-refractivity contribution in [3.05, 3.63) is 24.3 Å². The van der Waals surface area contributed by atoms with E-state index in [2.05, 4.69) is 0 Å². The van der Waals surface area contributed by atoms with Crippen molar-refractivity contribution in [3.63, 3.8) is 0 Å². The summed E-state index contributed by atoms with van der Waals surface area (Å²) in [5, 5.41) is 0. The fourth-order valence-corrected chi connectivity index (χ4v) is 4.00.